The van der Waals surface area contributed by atoms with E-state index in [1.165, 1.54) is 6.11 Å². The van der Waals surface area contributed by atoms with Gasteiger partial charge < -0.3 is 4.74 Å². The average molecular weight is 123 g/mol. The molecule has 45 valence electrons. The quantitative estimate of drug-likeness (QED) is 0.441. The first kappa shape index (κ1) is 7.15. The van der Waals surface area contributed by atoms with Crippen molar-refractivity contribution in [3.63, 3.8) is 0 Å². The molecule has 0 aromatic rings. The zero-order valence-corrected chi connectivity index (χ0v) is 3.75. The van der Waals surface area contributed by atoms with Crippen molar-refractivity contribution in [1.82, 2.24) is 0 Å². The van der Waals surface area contributed by atoms with Crippen LogP contribution in [0.15, 0.2) is 0 Å². The molecule has 0 unspecified atom stereocenters. The molecule has 0 aliphatic carbocycles. The summed E-state index contributed by atoms with van der Waals surface area (Å²) < 4.78 is 35.6. The van der Waals surface area contributed by atoms with Gasteiger partial charge in [-0.1, -0.05) is 5.92 Å². The molecule has 0 saturated heterocycles. The van der Waals surface area contributed by atoms with Crippen LogP contribution in [0.3, 0.4) is 0 Å². The summed E-state index contributed by atoms with van der Waals surface area (Å²) in [5.41, 5.74) is 0. The third kappa shape index (κ3) is 5.15. The largest absolute Gasteiger partial charge is 0.581 e. The first-order chi connectivity index (χ1) is 3.56. The van der Waals surface area contributed by atoms with Crippen LogP contribution in [0.1, 0.15) is 0 Å². The van der Waals surface area contributed by atoms with E-state index in [1.807, 2.05) is 0 Å². The number of rotatable bonds is 0. The molecule has 0 fully saturated rings. The van der Waals surface area contributed by atoms with Crippen molar-refractivity contribution in [1.29, 1.82) is 0 Å². The Morgan fingerprint density at radius 3 is 2.00 bits per heavy atom. The van der Waals surface area contributed by atoms with Crippen LogP contribution in [0.2, 0.25) is 0 Å². The van der Waals surface area contributed by atoms with E-state index in [0.717, 1.165) is 0 Å². The summed E-state index contributed by atoms with van der Waals surface area (Å²) in [5, 5.41) is 0. The number of hydrogen-bond donors (Lipinski definition) is 0. The lowest BCUT2D eigenvalue weighted by Crippen LogP contribution is -2.08. The smallest absolute Gasteiger partial charge is 0.352 e. The Kier molecular flexibility index (Phi) is 2.19. The number of ether oxygens (including phenoxy) is 1. The maximum atomic E-state index is 10.9. The van der Waals surface area contributed by atoms with Gasteiger partial charge in [0.15, 0.2) is 0 Å². The van der Waals surface area contributed by atoms with Crippen molar-refractivity contribution in [3.05, 3.63) is 6.92 Å². The third-order valence-electron chi connectivity index (χ3n) is 0.239. The van der Waals surface area contributed by atoms with Gasteiger partial charge in [0.1, 0.15) is 6.11 Å². The highest BCUT2D eigenvalue weighted by molar-refractivity contribution is 4.94. The van der Waals surface area contributed by atoms with E-state index in [0.29, 0.717) is 0 Å². The summed E-state index contributed by atoms with van der Waals surface area (Å²) in [7, 11) is 0. The van der Waals surface area contributed by atoms with Crippen LogP contribution in [0.25, 0.3) is 0 Å². The Hall–Kier alpha value is -0.850. The molecule has 0 spiro atoms. The van der Waals surface area contributed by atoms with E-state index >= 15 is 0 Å². The van der Waals surface area contributed by atoms with Crippen LogP contribution in [0.4, 0.5) is 13.2 Å². The molecule has 0 saturated carbocycles. The summed E-state index contributed by atoms with van der Waals surface area (Å²) in [5.74, 6) is 1.68. The molecule has 0 N–H and O–H groups in total. The molecule has 4 heteroatoms. The fourth-order valence-corrected chi connectivity index (χ4v) is 0.0939. The third-order valence-corrected chi connectivity index (χ3v) is 0.239. The Labute approximate surface area is 44.4 Å². The molecule has 8 heavy (non-hydrogen) atoms. The van der Waals surface area contributed by atoms with Crippen LogP contribution in [-0.2, 0) is 4.74 Å². The first-order valence-corrected chi connectivity index (χ1v) is 1.58. The highest BCUT2D eigenvalue weighted by Crippen LogP contribution is 2.14. The predicted octanol–water partition coefficient (Wildman–Crippen LogP) is 1.32. The standard InChI is InChI=1S/C4H2F3O/c1-2-3-8-4(5,6)7/h1H2. The van der Waals surface area contributed by atoms with Crippen molar-refractivity contribution in [2.24, 2.45) is 0 Å². The maximum Gasteiger partial charge on any atom is 0.581 e. The van der Waals surface area contributed by atoms with Gasteiger partial charge in [-0.15, -0.1) is 13.2 Å². The second-order valence-corrected chi connectivity index (χ2v) is 0.827. The van der Waals surface area contributed by atoms with Gasteiger partial charge in [-0.25, -0.2) is 0 Å². The van der Waals surface area contributed by atoms with Gasteiger partial charge in [-0.3, -0.25) is 0 Å². The topological polar surface area (TPSA) is 9.23 Å². The van der Waals surface area contributed by atoms with Gasteiger partial charge >= 0.3 is 6.36 Å². The van der Waals surface area contributed by atoms with E-state index in [2.05, 4.69) is 11.7 Å². The van der Waals surface area contributed by atoms with Gasteiger partial charge in [-0.2, -0.15) is 0 Å². The minimum absolute atomic E-state index is 1.30. The second-order valence-electron chi connectivity index (χ2n) is 0.827. The van der Waals surface area contributed by atoms with Crippen LogP contribution >= 0.6 is 0 Å². The molecular weight excluding hydrogens is 121 g/mol. The molecule has 0 heterocycles. The minimum Gasteiger partial charge on any atom is -0.352 e. The summed E-state index contributed by atoms with van der Waals surface area (Å²) in [6, 6.07) is 0. The zero-order chi connectivity index (χ0) is 6.62. The number of alkyl halides is 3. The van der Waals surface area contributed by atoms with Crippen LogP contribution in [0, 0.1) is 19.0 Å². The highest BCUT2D eigenvalue weighted by Gasteiger charge is 2.29. The molecule has 0 atom stereocenters. The Morgan fingerprint density at radius 1 is 1.38 bits per heavy atom. The van der Waals surface area contributed by atoms with Gasteiger partial charge in [0.25, 0.3) is 0 Å². The van der Waals surface area contributed by atoms with E-state index in [1.54, 1.807) is 5.92 Å². The second kappa shape index (κ2) is 2.46. The summed E-state index contributed by atoms with van der Waals surface area (Å²) in [4.78, 5) is 0. The van der Waals surface area contributed by atoms with Crippen LogP contribution in [0.5, 0.6) is 0 Å². The van der Waals surface area contributed by atoms with Gasteiger partial charge in [0.2, 0.25) is 0 Å². The molecule has 0 aliphatic heterocycles. The minimum atomic E-state index is -4.66. The number of halogens is 3. The van der Waals surface area contributed by atoms with E-state index in [-0.39, 0.29) is 0 Å². The summed E-state index contributed by atoms with van der Waals surface area (Å²) in [6.07, 6.45) is -3.36. The Bertz CT molecular complexity index is 115. The fourth-order valence-electron chi connectivity index (χ4n) is 0.0939. The lowest BCUT2D eigenvalue weighted by atomic mass is 10.8. The first-order valence-electron chi connectivity index (χ1n) is 1.58. The molecule has 0 rings (SSSR count). The fraction of sp³-hybridized carbons (Fsp3) is 0.250. The molecule has 1 nitrogen and oxygen atoms in total. The molecule has 0 aliphatic rings. The Balaban J connectivity index is 3.50. The van der Waals surface area contributed by atoms with E-state index in [9.17, 15) is 13.2 Å². The summed E-state index contributed by atoms with van der Waals surface area (Å²) in [6.45, 7) is 2.80. The van der Waals surface area contributed by atoms with Crippen LogP contribution in [-0.4, -0.2) is 6.36 Å². The molecule has 1 radical (unpaired) electrons. The molecule has 0 amide bonds. The van der Waals surface area contributed by atoms with Crippen molar-refractivity contribution in [2.45, 2.75) is 6.36 Å². The van der Waals surface area contributed by atoms with Crippen molar-refractivity contribution in [2.75, 3.05) is 0 Å². The maximum absolute atomic E-state index is 10.9. The molecule has 0 bridgehead atoms. The average Bonchev–Trinajstić information content (AvgIpc) is 1.59. The lowest BCUT2D eigenvalue weighted by Gasteiger charge is -1.97. The number of hydrogen-bond acceptors (Lipinski definition) is 1. The van der Waals surface area contributed by atoms with Gasteiger partial charge in [0, 0.05) is 6.92 Å². The monoisotopic (exact) mass is 123 g/mol. The zero-order valence-electron chi connectivity index (χ0n) is 3.75. The molecule has 0 aromatic carbocycles. The molecular formula is C4H2F3O. The van der Waals surface area contributed by atoms with Crippen molar-refractivity contribution in [3.8, 4) is 12.0 Å². The predicted molar refractivity (Wildman–Crippen MR) is 20.3 cm³/mol. The highest BCUT2D eigenvalue weighted by atomic mass is 19.4. The SMILES string of the molecule is [CH2]C#COC(F)(F)F. The molecule has 0 aromatic heterocycles. The van der Waals surface area contributed by atoms with Crippen LogP contribution < -0.4 is 0 Å². The summed E-state index contributed by atoms with van der Waals surface area (Å²) >= 11 is 0. The van der Waals surface area contributed by atoms with Crippen molar-refractivity contribution < 1.29 is 17.9 Å². The van der Waals surface area contributed by atoms with Crippen molar-refractivity contribution >= 4 is 0 Å². The van der Waals surface area contributed by atoms with E-state index in [4.69, 9.17) is 0 Å². The lowest BCUT2D eigenvalue weighted by molar-refractivity contribution is -0.291. The van der Waals surface area contributed by atoms with Gasteiger partial charge in [0.05, 0.1) is 0 Å². The van der Waals surface area contributed by atoms with Gasteiger partial charge in [-0.05, 0) is 0 Å². The van der Waals surface area contributed by atoms with E-state index < -0.39 is 6.36 Å². The normalized spacial score (nSPS) is 9.50. The Morgan fingerprint density at radius 2 is 1.88 bits per heavy atom.